The minimum Gasteiger partial charge on any atom is -0.491 e. The van der Waals surface area contributed by atoms with Crippen LogP contribution in [0.5, 0.6) is 5.75 Å². The average Bonchev–Trinajstić information content (AvgIpc) is 2.74. The fraction of sp³-hybridized carbons (Fsp3) is 0.273. The molecular weight excluding hydrogens is 406 g/mol. The first-order valence-electron chi connectivity index (χ1n) is 9.86. The topological polar surface area (TPSA) is 77.7 Å². The highest BCUT2D eigenvalue weighted by molar-refractivity contribution is 5.94. The number of amides is 1. The van der Waals surface area contributed by atoms with Crippen LogP contribution in [-0.4, -0.2) is 55.6 Å². The summed E-state index contributed by atoms with van der Waals surface area (Å²) in [5.74, 6) is -2.02. The molecule has 1 fully saturated rings. The highest BCUT2D eigenvalue weighted by Gasteiger charge is 2.21. The van der Waals surface area contributed by atoms with E-state index in [4.69, 9.17) is 4.74 Å². The van der Waals surface area contributed by atoms with Crippen molar-refractivity contribution >= 4 is 28.2 Å². The summed E-state index contributed by atoms with van der Waals surface area (Å²) in [6.45, 7) is 2.47. The molecule has 2 aromatic carbocycles. The Morgan fingerprint density at radius 3 is 2.45 bits per heavy atom. The van der Waals surface area contributed by atoms with Crippen LogP contribution in [0.25, 0.3) is 10.9 Å². The molecule has 1 aromatic heterocycles. The van der Waals surface area contributed by atoms with E-state index in [1.807, 2.05) is 9.80 Å². The molecule has 1 amide bonds. The van der Waals surface area contributed by atoms with Crippen LogP contribution in [0.4, 0.5) is 20.2 Å². The largest absolute Gasteiger partial charge is 0.491 e. The Bertz CT molecular complexity index is 1150. The molecule has 1 saturated heterocycles. The van der Waals surface area contributed by atoms with Crippen molar-refractivity contribution in [3.05, 3.63) is 64.5 Å². The van der Waals surface area contributed by atoms with Crippen molar-refractivity contribution in [2.75, 3.05) is 50.1 Å². The van der Waals surface area contributed by atoms with Gasteiger partial charge in [0.15, 0.2) is 17.4 Å². The number of H-pyrrole nitrogens is 1. The lowest BCUT2D eigenvalue weighted by molar-refractivity contribution is -0.117. The second-order valence-corrected chi connectivity index (χ2v) is 7.38. The second kappa shape index (κ2) is 8.73. The normalized spacial score (nSPS) is 14.6. The number of ether oxygens (including phenoxy) is 1. The van der Waals surface area contributed by atoms with Crippen LogP contribution in [0.1, 0.15) is 0 Å². The Morgan fingerprint density at radius 2 is 1.77 bits per heavy atom. The predicted octanol–water partition coefficient (Wildman–Crippen LogP) is 2.58. The average molecular weight is 428 g/mol. The first kappa shape index (κ1) is 20.8. The smallest absolute Gasteiger partial charge is 0.248 e. The Balaban J connectivity index is 1.33. The van der Waals surface area contributed by atoms with Crippen molar-refractivity contribution in [1.29, 1.82) is 0 Å². The molecule has 0 saturated carbocycles. The number of nitrogens with one attached hydrogen (secondary N) is 2. The van der Waals surface area contributed by atoms with Gasteiger partial charge in [-0.15, -0.1) is 0 Å². The number of aromatic nitrogens is 1. The SMILES string of the molecule is COc1c(F)cc(N2CCN(CC(=O)Nc3ccc4[nH]c(=O)ccc4c3)CC2)cc1F. The van der Waals surface area contributed by atoms with E-state index in [1.165, 1.54) is 25.3 Å². The van der Waals surface area contributed by atoms with Gasteiger partial charge in [-0.25, -0.2) is 8.78 Å². The monoisotopic (exact) mass is 428 g/mol. The van der Waals surface area contributed by atoms with Crippen LogP contribution in [0, 0.1) is 11.6 Å². The number of aromatic amines is 1. The first-order chi connectivity index (χ1) is 14.9. The lowest BCUT2D eigenvalue weighted by Gasteiger charge is -2.35. The number of pyridine rings is 1. The molecule has 1 aliphatic rings. The van der Waals surface area contributed by atoms with Gasteiger partial charge in [-0.2, -0.15) is 0 Å². The zero-order valence-electron chi connectivity index (χ0n) is 17.0. The van der Waals surface area contributed by atoms with Gasteiger partial charge in [0.2, 0.25) is 11.5 Å². The van der Waals surface area contributed by atoms with E-state index in [0.717, 1.165) is 5.39 Å². The van der Waals surface area contributed by atoms with E-state index in [0.29, 0.717) is 43.1 Å². The molecule has 9 heteroatoms. The molecule has 0 atom stereocenters. The van der Waals surface area contributed by atoms with E-state index < -0.39 is 11.6 Å². The van der Waals surface area contributed by atoms with Gasteiger partial charge < -0.3 is 19.9 Å². The summed E-state index contributed by atoms with van der Waals surface area (Å²) in [5, 5.41) is 3.69. The number of rotatable bonds is 5. The zero-order chi connectivity index (χ0) is 22.0. The van der Waals surface area contributed by atoms with Crippen LogP contribution in [0.3, 0.4) is 0 Å². The Kier molecular flexibility index (Phi) is 5.85. The summed E-state index contributed by atoms with van der Waals surface area (Å²) >= 11 is 0. The van der Waals surface area contributed by atoms with Crippen molar-refractivity contribution in [2.45, 2.75) is 0 Å². The van der Waals surface area contributed by atoms with Gasteiger partial charge in [0, 0.05) is 66.7 Å². The van der Waals surface area contributed by atoms with Crippen LogP contribution in [-0.2, 0) is 4.79 Å². The summed E-state index contributed by atoms with van der Waals surface area (Å²) in [5.41, 5.74) is 1.62. The number of methoxy groups -OCH3 is 1. The van der Waals surface area contributed by atoms with E-state index >= 15 is 0 Å². The summed E-state index contributed by atoms with van der Waals surface area (Å²) in [7, 11) is 1.23. The molecule has 0 bridgehead atoms. The number of hydrogen-bond acceptors (Lipinski definition) is 5. The molecule has 0 radical (unpaired) electrons. The molecule has 31 heavy (non-hydrogen) atoms. The van der Waals surface area contributed by atoms with Gasteiger partial charge in [-0.05, 0) is 24.3 Å². The number of hydrogen-bond donors (Lipinski definition) is 2. The maximum Gasteiger partial charge on any atom is 0.248 e. The van der Waals surface area contributed by atoms with E-state index in [2.05, 4.69) is 10.3 Å². The molecule has 4 rings (SSSR count). The first-order valence-corrected chi connectivity index (χ1v) is 9.86. The molecule has 2 heterocycles. The summed E-state index contributed by atoms with van der Waals surface area (Å²) in [4.78, 5) is 30.4. The number of nitrogens with zero attached hydrogens (tertiary/aromatic N) is 2. The van der Waals surface area contributed by atoms with Gasteiger partial charge in [0.1, 0.15) is 0 Å². The van der Waals surface area contributed by atoms with Crippen LogP contribution in [0.2, 0.25) is 0 Å². The predicted molar refractivity (Wildman–Crippen MR) is 115 cm³/mol. The molecule has 3 aromatic rings. The van der Waals surface area contributed by atoms with Crippen molar-refractivity contribution in [1.82, 2.24) is 9.88 Å². The van der Waals surface area contributed by atoms with Crippen molar-refractivity contribution in [3.8, 4) is 5.75 Å². The minimum absolute atomic E-state index is 0.154. The molecule has 162 valence electrons. The molecule has 0 unspecified atom stereocenters. The van der Waals surface area contributed by atoms with Gasteiger partial charge in [0.25, 0.3) is 0 Å². The van der Waals surface area contributed by atoms with Gasteiger partial charge in [-0.1, -0.05) is 0 Å². The number of carbonyl (C=O) groups excluding carboxylic acids is 1. The molecule has 2 N–H and O–H groups in total. The molecule has 0 aliphatic carbocycles. The maximum atomic E-state index is 14.0. The van der Waals surface area contributed by atoms with Gasteiger partial charge >= 0.3 is 0 Å². The Labute approximate surface area is 177 Å². The third-order valence-electron chi connectivity index (χ3n) is 5.30. The second-order valence-electron chi connectivity index (χ2n) is 7.38. The number of carbonyl (C=O) groups is 1. The van der Waals surface area contributed by atoms with Gasteiger partial charge in [-0.3, -0.25) is 14.5 Å². The summed E-state index contributed by atoms with van der Waals surface area (Å²) < 4.78 is 32.7. The van der Waals surface area contributed by atoms with Crippen LogP contribution < -0.4 is 20.5 Å². The van der Waals surface area contributed by atoms with E-state index in [9.17, 15) is 18.4 Å². The number of fused-ring (bicyclic) bond motifs is 1. The Morgan fingerprint density at radius 1 is 1.06 bits per heavy atom. The van der Waals surface area contributed by atoms with Crippen molar-refractivity contribution in [2.24, 2.45) is 0 Å². The lowest BCUT2D eigenvalue weighted by atomic mass is 10.2. The molecule has 1 aliphatic heterocycles. The quantitative estimate of drug-likeness (QED) is 0.653. The lowest BCUT2D eigenvalue weighted by Crippen LogP contribution is -2.48. The molecule has 7 nitrogen and oxygen atoms in total. The fourth-order valence-corrected chi connectivity index (χ4v) is 3.72. The minimum atomic E-state index is -0.737. The fourth-order valence-electron chi connectivity index (χ4n) is 3.72. The maximum absolute atomic E-state index is 14.0. The van der Waals surface area contributed by atoms with E-state index in [1.54, 1.807) is 24.3 Å². The number of piperazine rings is 1. The third kappa shape index (κ3) is 4.66. The van der Waals surface area contributed by atoms with Crippen LogP contribution >= 0.6 is 0 Å². The van der Waals surface area contributed by atoms with Gasteiger partial charge in [0.05, 0.1) is 13.7 Å². The zero-order valence-corrected chi connectivity index (χ0v) is 17.0. The standard InChI is InChI=1S/C22H22F2N4O3/c1-31-22-17(23)11-16(12-18(22)24)28-8-6-27(7-9-28)13-21(30)25-15-3-4-19-14(10-15)2-5-20(29)26-19/h2-5,10-12H,6-9,13H2,1H3,(H,25,30)(H,26,29). The Hall–Kier alpha value is -3.46. The highest BCUT2D eigenvalue weighted by Crippen LogP contribution is 2.28. The summed E-state index contributed by atoms with van der Waals surface area (Å²) in [6.07, 6.45) is 0. The van der Waals surface area contributed by atoms with Crippen molar-refractivity contribution < 1.29 is 18.3 Å². The van der Waals surface area contributed by atoms with Crippen molar-refractivity contribution in [3.63, 3.8) is 0 Å². The molecule has 0 spiro atoms. The highest BCUT2D eigenvalue weighted by atomic mass is 19.1. The summed E-state index contributed by atoms with van der Waals surface area (Å²) in [6, 6.07) is 10.9. The number of anilines is 2. The van der Waals surface area contributed by atoms with E-state index in [-0.39, 0.29) is 23.8 Å². The third-order valence-corrected chi connectivity index (χ3v) is 5.30. The number of halogens is 2. The van der Waals surface area contributed by atoms with Crippen LogP contribution in [0.15, 0.2) is 47.3 Å². The number of benzene rings is 2. The molecular formula is C22H22F2N4O3.